The number of ether oxygens (including phenoxy) is 1. The normalized spacial score (nSPS) is 25.0. The molecule has 1 saturated heterocycles. The van der Waals surface area contributed by atoms with Crippen LogP contribution in [0.1, 0.15) is 56.2 Å². The van der Waals surface area contributed by atoms with Crippen LogP contribution in [0.3, 0.4) is 0 Å². The van der Waals surface area contributed by atoms with Gasteiger partial charge in [0.2, 0.25) is 5.91 Å². The lowest BCUT2D eigenvalue weighted by Gasteiger charge is -2.58. The fraction of sp³-hybridized carbons (Fsp3) is 0.481. The Morgan fingerprint density at radius 1 is 1.24 bits per heavy atom. The van der Waals surface area contributed by atoms with Gasteiger partial charge in [0.05, 0.1) is 12.7 Å². The summed E-state index contributed by atoms with van der Waals surface area (Å²) in [6, 6.07) is 14.8. The minimum atomic E-state index is -1.24. The molecule has 0 aliphatic carbocycles. The number of nitrogens with one attached hydrogen (secondary N) is 1. The number of hydrogen-bond acceptors (Lipinski definition) is 5. The van der Waals surface area contributed by atoms with E-state index in [2.05, 4.69) is 22.3 Å². The fourth-order valence-corrected chi connectivity index (χ4v) is 5.71. The molecule has 2 unspecified atom stereocenters. The Hall–Kier alpha value is -2.90. The Balaban J connectivity index is 2.13. The van der Waals surface area contributed by atoms with Crippen molar-refractivity contribution in [3.8, 4) is 5.75 Å². The minimum absolute atomic E-state index is 0.0516. The number of nitrogens with two attached hydrogens (primary N) is 1. The molecular formula is C27H37N3O4. The molecule has 0 saturated carbocycles. The second-order valence-electron chi connectivity index (χ2n) is 9.41. The fourth-order valence-electron chi connectivity index (χ4n) is 5.71. The summed E-state index contributed by atoms with van der Waals surface area (Å²) < 4.78 is 5.50. The van der Waals surface area contributed by atoms with Crippen LogP contribution in [-0.2, 0) is 16.8 Å². The Morgan fingerprint density at radius 2 is 1.94 bits per heavy atom. The second kappa shape index (κ2) is 10.6. The van der Waals surface area contributed by atoms with Gasteiger partial charge in [-0.15, -0.1) is 0 Å². The minimum Gasteiger partial charge on any atom is -0.497 e. The molecule has 34 heavy (non-hydrogen) atoms. The van der Waals surface area contributed by atoms with Crippen molar-refractivity contribution in [3.63, 3.8) is 0 Å². The van der Waals surface area contributed by atoms with Crippen LogP contribution in [0.25, 0.3) is 0 Å². The Kier molecular flexibility index (Phi) is 8.00. The first kappa shape index (κ1) is 25.7. The summed E-state index contributed by atoms with van der Waals surface area (Å²) in [6.07, 6.45) is 1.73. The summed E-state index contributed by atoms with van der Waals surface area (Å²) in [5, 5.41) is 14.8. The van der Waals surface area contributed by atoms with Gasteiger partial charge in [-0.2, -0.15) is 0 Å². The molecular weight excluding hydrogens is 430 g/mol. The number of likely N-dealkylation sites (tertiary alicyclic amines) is 1. The van der Waals surface area contributed by atoms with Crippen LogP contribution in [-0.4, -0.2) is 47.2 Å². The molecule has 1 fully saturated rings. The Labute approximate surface area is 202 Å². The molecule has 7 heteroatoms. The van der Waals surface area contributed by atoms with Crippen molar-refractivity contribution in [2.24, 2.45) is 5.73 Å². The van der Waals surface area contributed by atoms with Gasteiger partial charge < -0.3 is 15.6 Å². The lowest BCUT2D eigenvalue weighted by atomic mass is 9.56. The molecule has 1 aliphatic rings. The highest BCUT2D eigenvalue weighted by atomic mass is 16.5. The average molecular weight is 468 g/mol. The molecule has 0 aromatic heterocycles. The highest BCUT2D eigenvalue weighted by Crippen LogP contribution is 2.52. The maximum absolute atomic E-state index is 13.0. The summed E-state index contributed by atoms with van der Waals surface area (Å²) in [6.45, 7) is 7.44. The van der Waals surface area contributed by atoms with Crippen molar-refractivity contribution < 1.29 is 19.4 Å². The van der Waals surface area contributed by atoms with E-state index in [-0.39, 0.29) is 12.5 Å². The number of aryl methyl sites for hydroxylation is 1. The zero-order valence-electron chi connectivity index (χ0n) is 20.6. The maximum atomic E-state index is 13.0. The standard InChI is InChI=1S/C27H37N3O4/c1-5-13-27(33)20(3)30(18-21-9-7-6-8-10-21)15-14-26(27,17-24(31)29-25(28)32)23-16-22(34-4)12-11-19(23)2/h6-12,16,20,33H,5,13-15,17-18H2,1-4H3,(H3,28,29,31,32)/t20?,26-,27?/m1/s1. The van der Waals surface area contributed by atoms with E-state index in [9.17, 15) is 14.7 Å². The molecule has 3 rings (SSSR count). The van der Waals surface area contributed by atoms with Crippen LogP contribution in [0, 0.1) is 6.92 Å². The molecule has 3 amide bonds. The second-order valence-corrected chi connectivity index (χ2v) is 9.41. The topological polar surface area (TPSA) is 105 Å². The van der Waals surface area contributed by atoms with E-state index in [0.29, 0.717) is 31.7 Å². The number of aliphatic hydroxyl groups is 1. The van der Waals surface area contributed by atoms with Crippen molar-refractivity contribution in [1.82, 2.24) is 10.2 Å². The van der Waals surface area contributed by atoms with E-state index >= 15 is 0 Å². The van der Waals surface area contributed by atoms with Gasteiger partial charge in [0.25, 0.3) is 0 Å². The summed E-state index contributed by atoms with van der Waals surface area (Å²) in [4.78, 5) is 26.7. The SMILES string of the molecule is CCCC1(O)C(C)N(Cc2ccccc2)CC[C@@]1(CC(=O)NC(N)=O)c1cc(OC)ccc1C. The van der Waals surface area contributed by atoms with Crippen LogP contribution in [0.2, 0.25) is 0 Å². The number of rotatable bonds is 8. The number of nitrogens with zero attached hydrogens (tertiary/aromatic N) is 1. The van der Waals surface area contributed by atoms with Crippen LogP contribution in [0.15, 0.2) is 48.5 Å². The Bertz CT molecular complexity index is 1010. The first-order chi connectivity index (χ1) is 16.2. The molecule has 1 heterocycles. The molecule has 3 atom stereocenters. The number of primary amides is 1. The molecule has 0 radical (unpaired) electrons. The van der Waals surface area contributed by atoms with Crippen molar-refractivity contribution in [1.29, 1.82) is 0 Å². The van der Waals surface area contributed by atoms with E-state index in [1.165, 1.54) is 5.56 Å². The summed E-state index contributed by atoms with van der Waals surface area (Å²) in [7, 11) is 1.60. The zero-order valence-corrected chi connectivity index (χ0v) is 20.6. The highest BCUT2D eigenvalue weighted by molar-refractivity contribution is 5.94. The van der Waals surface area contributed by atoms with Crippen molar-refractivity contribution in [2.45, 2.75) is 70.1 Å². The maximum Gasteiger partial charge on any atom is 0.318 e. The summed E-state index contributed by atoms with van der Waals surface area (Å²) in [5.74, 6) is 0.168. The van der Waals surface area contributed by atoms with Crippen LogP contribution in [0.4, 0.5) is 4.79 Å². The first-order valence-corrected chi connectivity index (χ1v) is 11.9. The van der Waals surface area contributed by atoms with E-state index in [1.807, 2.05) is 57.2 Å². The lowest BCUT2D eigenvalue weighted by molar-refractivity contribution is -0.152. The number of urea groups is 1. The van der Waals surface area contributed by atoms with E-state index in [1.54, 1.807) is 7.11 Å². The zero-order chi connectivity index (χ0) is 24.9. The first-order valence-electron chi connectivity index (χ1n) is 11.9. The highest BCUT2D eigenvalue weighted by Gasteiger charge is 2.59. The molecule has 1 aliphatic heterocycles. The van der Waals surface area contributed by atoms with E-state index in [0.717, 1.165) is 17.5 Å². The predicted octanol–water partition coefficient (Wildman–Crippen LogP) is 3.65. The number of benzene rings is 2. The van der Waals surface area contributed by atoms with Gasteiger partial charge in [0.1, 0.15) is 5.75 Å². The van der Waals surface area contributed by atoms with Crippen LogP contribution in [0.5, 0.6) is 5.75 Å². The average Bonchev–Trinajstić information content (AvgIpc) is 2.80. The number of piperidine rings is 1. The van der Waals surface area contributed by atoms with Gasteiger partial charge in [-0.1, -0.05) is 49.7 Å². The largest absolute Gasteiger partial charge is 0.497 e. The van der Waals surface area contributed by atoms with Crippen molar-refractivity contribution in [2.75, 3.05) is 13.7 Å². The van der Waals surface area contributed by atoms with Gasteiger partial charge in [-0.05, 0) is 62.1 Å². The number of carbonyl (C=O) groups is 2. The van der Waals surface area contributed by atoms with Gasteiger partial charge in [0.15, 0.2) is 0 Å². The number of amides is 3. The van der Waals surface area contributed by atoms with Crippen LogP contribution < -0.4 is 15.8 Å². The number of hydrogen-bond donors (Lipinski definition) is 3. The van der Waals surface area contributed by atoms with Crippen molar-refractivity contribution >= 4 is 11.9 Å². The molecule has 0 bridgehead atoms. The number of imide groups is 1. The third kappa shape index (κ3) is 4.95. The van der Waals surface area contributed by atoms with Gasteiger partial charge in [-0.3, -0.25) is 15.0 Å². The lowest BCUT2D eigenvalue weighted by Crippen LogP contribution is -2.68. The third-order valence-electron chi connectivity index (χ3n) is 7.44. The van der Waals surface area contributed by atoms with E-state index in [4.69, 9.17) is 10.5 Å². The predicted molar refractivity (Wildman–Crippen MR) is 133 cm³/mol. The van der Waals surface area contributed by atoms with Crippen molar-refractivity contribution in [3.05, 3.63) is 65.2 Å². The monoisotopic (exact) mass is 467 g/mol. The molecule has 2 aromatic rings. The molecule has 2 aromatic carbocycles. The molecule has 7 nitrogen and oxygen atoms in total. The molecule has 184 valence electrons. The number of methoxy groups -OCH3 is 1. The van der Waals surface area contributed by atoms with Gasteiger partial charge in [-0.25, -0.2) is 4.79 Å². The molecule has 0 spiro atoms. The van der Waals surface area contributed by atoms with Gasteiger partial charge in [0, 0.05) is 24.4 Å². The Morgan fingerprint density at radius 3 is 2.56 bits per heavy atom. The molecule has 4 N–H and O–H groups in total. The van der Waals surface area contributed by atoms with Gasteiger partial charge >= 0.3 is 6.03 Å². The summed E-state index contributed by atoms with van der Waals surface area (Å²) >= 11 is 0. The smallest absolute Gasteiger partial charge is 0.318 e. The summed E-state index contributed by atoms with van der Waals surface area (Å²) in [5.41, 5.74) is 6.10. The number of carbonyl (C=O) groups excluding carboxylic acids is 2. The van der Waals surface area contributed by atoms with Crippen LogP contribution >= 0.6 is 0 Å². The quantitative estimate of drug-likeness (QED) is 0.550. The third-order valence-corrected chi connectivity index (χ3v) is 7.44. The van der Waals surface area contributed by atoms with E-state index < -0.39 is 23.0 Å².